The van der Waals surface area contributed by atoms with Crippen molar-refractivity contribution in [3.8, 4) is 0 Å². The number of thioether (sulfide) groups is 1. The molecule has 2 aliphatic rings. The Morgan fingerprint density at radius 2 is 2.29 bits per heavy atom. The van der Waals surface area contributed by atoms with Crippen molar-refractivity contribution in [3.05, 3.63) is 0 Å². The highest BCUT2D eigenvalue weighted by molar-refractivity contribution is 7.99. The van der Waals surface area contributed by atoms with E-state index in [9.17, 15) is 4.79 Å². The van der Waals surface area contributed by atoms with Gasteiger partial charge in [0.05, 0.1) is 0 Å². The summed E-state index contributed by atoms with van der Waals surface area (Å²) in [5.74, 6) is 3.23. The van der Waals surface area contributed by atoms with Crippen LogP contribution in [0.5, 0.6) is 0 Å². The lowest BCUT2D eigenvalue weighted by atomic mass is 9.97. The largest absolute Gasteiger partial charge is 0.337 e. The van der Waals surface area contributed by atoms with Gasteiger partial charge in [-0.3, -0.25) is 4.79 Å². The predicted octanol–water partition coefficient (Wildman–Crippen LogP) is 1.73. The predicted molar refractivity (Wildman–Crippen MR) is 73.3 cm³/mol. The maximum absolute atomic E-state index is 12.4. The summed E-state index contributed by atoms with van der Waals surface area (Å²) in [6.45, 7) is 8.60. The van der Waals surface area contributed by atoms with Crippen LogP contribution in [0.15, 0.2) is 0 Å². The van der Waals surface area contributed by atoms with Gasteiger partial charge >= 0.3 is 0 Å². The fourth-order valence-electron chi connectivity index (χ4n) is 3.10. The Kier molecular flexibility index (Phi) is 4.03. The van der Waals surface area contributed by atoms with Crippen LogP contribution < -0.4 is 5.32 Å². The van der Waals surface area contributed by atoms with Crippen LogP contribution in [0.3, 0.4) is 0 Å². The second kappa shape index (κ2) is 5.19. The summed E-state index contributed by atoms with van der Waals surface area (Å²) in [5, 5.41) is 3.44. The van der Waals surface area contributed by atoms with E-state index in [0.29, 0.717) is 24.3 Å². The molecular weight excluding hydrogens is 232 g/mol. The summed E-state index contributed by atoms with van der Waals surface area (Å²) in [5.41, 5.74) is 0.0539. The lowest BCUT2D eigenvalue weighted by Crippen LogP contribution is -2.47. The summed E-state index contributed by atoms with van der Waals surface area (Å²) in [4.78, 5) is 14.4. The maximum Gasteiger partial charge on any atom is 0.224 e. The normalized spacial score (nSPS) is 32.8. The monoisotopic (exact) mass is 256 g/mol. The number of hydrogen-bond acceptors (Lipinski definition) is 3. The highest BCUT2D eigenvalue weighted by Crippen LogP contribution is 2.33. The third-order valence-electron chi connectivity index (χ3n) is 3.79. The second-order valence-electron chi connectivity index (χ2n) is 6.06. The van der Waals surface area contributed by atoms with Crippen LogP contribution in [0.4, 0.5) is 0 Å². The first-order valence-corrected chi connectivity index (χ1v) is 7.76. The second-order valence-corrected chi connectivity index (χ2v) is 7.21. The summed E-state index contributed by atoms with van der Waals surface area (Å²) >= 11 is 1.95. The Labute approximate surface area is 109 Å². The highest BCUT2D eigenvalue weighted by atomic mass is 32.2. The average molecular weight is 256 g/mol. The van der Waals surface area contributed by atoms with Gasteiger partial charge in [0.15, 0.2) is 0 Å². The Morgan fingerprint density at radius 1 is 1.53 bits per heavy atom. The molecule has 0 aromatic heterocycles. The SMILES string of the molecule is CC1CN(C(=O)CC2CSCCN2)C(C)(C)C1. The van der Waals surface area contributed by atoms with Crippen LogP contribution >= 0.6 is 11.8 Å². The maximum atomic E-state index is 12.4. The highest BCUT2D eigenvalue weighted by Gasteiger charge is 2.39. The molecule has 2 atom stereocenters. The third-order valence-corrected chi connectivity index (χ3v) is 4.92. The fraction of sp³-hybridized carbons (Fsp3) is 0.923. The molecule has 4 heteroatoms. The molecule has 0 spiro atoms. The van der Waals surface area contributed by atoms with Crippen molar-refractivity contribution < 1.29 is 4.79 Å². The van der Waals surface area contributed by atoms with Gasteiger partial charge in [-0.2, -0.15) is 11.8 Å². The Balaban J connectivity index is 1.91. The Morgan fingerprint density at radius 3 is 2.82 bits per heavy atom. The molecule has 2 rings (SSSR count). The average Bonchev–Trinajstić information content (AvgIpc) is 2.53. The molecule has 0 bridgehead atoms. The minimum Gasteiger partial charge on any atom is -0.337 e. The van der Waals surface area contributed by atoms with E-state index in [1.54, 1.807) is 0 Å². The number of hydrogen-bond donors (Lipinski definition) is 1. The Hall–Kier alpha value is -0.220. The molecule has 0 saturated carbocycles. The molecule has 0 aromatic carbocycles. The van der Waals surface area contributed by atoms with Crippen LogP contribution in [0.1, 0.15) is 33.6 Å². The zero-order chi connectivity index (χ0) is 12.5. The van der Waals surface area contributed by atoms with Gasteiger partial charge in [0.1, 0.15) is 0 Å². The quantitative estimate of drug-likeness (QED) is 0.816. The van der Waals surface area contributed by atoms with Crippen molar-refractivity contribution >= 4 is 17.7 Å². The van der Waals surface area contributed by atoms with Crippen LogP contribution in [-0.4, -0.2) is 47.0 Å². The molecule has 2 aliphatic heterocycles. The summed E-state index contributed by atoms with van der Waals surface area (Å²) < 4.78 is 0. The van der Waals surface area contributed by atoms with Crippen molar-refractivity contribution in [3.63, 3.8) is 0 Å². The van der Waals surface area contributed by atoms with E-state index in [1.807, 2.05) is 11.8 Å². The van der Waals surface area contributed by atoms with Gasteiger partial charge in [0, 0.05) is 42.6 Å². The van der Waals surface area contributed by atoms with E-state index in [0.717, 1.165) is 25.3 Å². The van der Waals surface area contributed by atoms with E-state index >= 15 is 0 Å². The van der Waals surface area contributed by atoms with Crippen molar-refractivity contribution in [1.82, 2.24) is 10.2 Å². The van der Waals surface area contributed by atoms with Crippen LogP contribution in [0.2, 0.25) is 0 Å². The molecule has 0 aliphatic carbocycles. The van der Waals surface area contributed by atoms with E-state index in [2.05, 4.69) is 31.0 Å². The van der Waals surface area contributed by atoms with Gasteiger partial charge < -0.3 is 10.2 Å². The molecule has 2 saturated heterocycles. The number of rotatable bonds is 2. The standard InChI is InChI=1S/C13H24N2OS/c1-10-7-13(2,3)15(8-10)12(16)6-11-9-17-5-4-14-11/h10-11,14H,4-9H2,1-3H3. The minimum absolute atomic E-state index is 0.0539. The molecule has 1 N–H and O–H groups in total. The number of nitrogens with zero attached hydrogens (tertiary/aromatic N) is 1. The summed E-state index contributed by atoms with van der Waals surface area (Å²) in [6.07, 6.45) is 1.80. The molecule has 17 heavy (non-hydrogen) atoms. The summed E-state index contributed by atoms with van der Waals surface area (Å²) in [6, 6.07) is 0.382. The van der Waals surface area contributed by atoms with Gasteiger partial charge in [-0.1, -0.05) is 6.92 Å². The van der Waals surface area contributed by atoms with E-state index in [4.69, 9.17) is 0 Å². The van der Waals surface area contributed by atoms with Gasteiger partial charge in [0.25, 0.3) is 0 Å². The fourth-order valence-corrected chi connectivity index (χ4v) is 4.05. The van der Waals surface area contributed by atoms with Crippen LogP contribution in [0.25, 0.3) is 0 Å². The molecule has 98 valence electrons. The number of carbonyl (C=O) groups is 1. The third kappa shape index (κ3) is 3.16. The van der Waals surface area contributed by atoms with Crippen LogP contribution in [0, 0.1) is 5.92 Å². The molecule has 0 aromatic rings. The lowest BCUT2D eigenvalue weighted by molar-refractivity contribution is -0.134. The molecule has 3 nitrogen and oxygen atoms in total. The lowest BCUT2D eigenvalue weighted by Gasteiger charge is -2.33. The molecule has 1 amide bonds. The van der Waals surface area contributed by atoms with E-state index in [1.165, 1.54) is 5.75 Å². The molecular formula is C13H24N2OS. The molecule has 2 heterocycles. The Bertz CT molecular complexity index is 287. The van der Waals surface area contributed by atoms with Crippen LogP contribution in [-0.2, 0) is 4.79 Å². The molecule has 2 unspecified atom stereocenters. The smallest absolute Gasteiger partial charge is 0.224 e. The van der Waals surface area contributed by atoms with Crippen molar-refractivity contribution in [1.29, 1.82) is 0 Å². The van der Waals surface area contributed by atoms with Gasteiger partial charge in [0.2, 0.25) is 5.91 Å². The van der Waals surface area contributed by atoms with Crippen molar-refractivity contribution in [2.45, 2.75) is 45.2 Å². The zero-order valence-corrected chi connectivity index (χ0v) is 12.0. The topological polar surface area (TPSA) is 32.3 Å². The zero-order valence-electron chi connectivity index (χ0n) is 11.2. The van der Waals surface area contributed by atoms with E-state index < -0.39 is 0 Å². The van der Waals surface area contributed by atoms with E-state index in [-0.39, 0.29) is 5.54 Å². The first kappa shape index (κ1) is 13.2. The van der Waals surface area contributed by atoms with Gasteiger partial charge in [-0.25, -0.2) is 0 Å². The first-order valence-electron chi connectivity index (χ1n) is 6.60. The number of nitrogens with one attached hydrogen (secondary N) is 1. The number of likely N-dealkylation sites (tertiary alicyclic amines) is 1. The van der Waals surface area contributed by atoms with Gasteiger partial charge in [-0.05, 0) is 26.2 Å². The number of carbonyl (C=O) groups excluding carboxylic acids is 1. The van der Waals surface area contributed by atoms with Crippen molar-refractivity contribution in [2.75, 3.05) is 24.6 Å². The molecule has 0 radical (unpaired) electrons. The van der Waals surface area contributed by atoms with Crippen molar-refractivity contribution in [2.24, 2.45) is 5.92 Å². The minimum atomic E-state index is 0.0539. The number of amides is 1. The molecule has 2 fully saturated rings. The first-order chi connectivity index (χ1) is 7.99. The van der Waals surface area contributed by atoms with Gasteiger partial charge in [-0.15, -0.1) is 0 Å². The summed E-state index contributed by atoms with van der Waals surface area (Å²) in [7, 11) is 0.